The van der Waals surface area contributed by atoms with Gasteiger partial charge >= 0.3 is 0 Å². The molecule has 2 aliphatic rings. The van der Waals surface area contributed by atoms with Crippen LogP contribution in [0.3, 0.4) is 0 Å². The molecule has 2 fully saturated rings. The molecule has 0 bridgehead atoms. The fourth-order valence-electron chi connectivity index (χ4n) is 4.27. The van der Waals surface area contributed by atoms with Gasteiger partial charge in [-0.3, -0.25) is 0 Å². The first-order valence-corrected chi connectivity index (χ1v) is 14.5. The van der Waals surface area contributed by atoms with E-state index in [1.807, 2.05) is 0 Å². The maximum absolute atomic E-state index is 7.02. The van der Waals surface area contributed by atoms with E-state index in [4.69, 9.17) is 4.12 Å². The standard InChI is InChI=1S/C16H34OSi2/c1-18(2,16-12-8-4-5-9-13-16)17-19(3)14-10-6-7-11-15-19/h16H,4-15H2,1-3H3. The molecule has 1 saturated carbocycles. The predicted octanol–water partition coefficient (Wildman–Crippen LogP) is 6.08. The summed E-state index contributed by atoms with van der Waals surface area (Å²) in [5.41, 5.74) is 0.947. The van der Waals surface area contributed by atoms with Crippen molar-refractivity contribution >= 4 is 16.6 Å². The molecule has 0 aromatic heterocycles. The number of rotatable bonds is 3. The summed E-state index contributed by atoms with van der Waals surface area (Å²) in [6.45, 7) is 7.61. The van der Waals surface area contributed by atoms with Gasteiger partial charge in [0.1, 0.15) is 0 Å². The van der Waals surface area contributed by atoms with Crippen LogP contribution in [0, 0.1) is 0 Å². The molecule has 0 spiro atoms. The first-order chi connectivity index (χ1) is 9.02. The van der Waals surface area contributed by atoms with Crippen LogP contribution in [0.2, 0.25) is 37.3 Å². The SMILES string of the molecule is C[Si]1(O[Si](C)(C)C2CCCCCC2)CCCCCC1. The molecule has 112 valence electrons. The van der Waals surface area contributed by atoms with E-state index in [0.717, 1.165) is 5.54 Å². The van der Waals surface area contributed by atoms with Gasteiger partial charge in [0.2, 0.25) is 0 Å². The molecule has 1 saturated heterocycles. The van der Waals surface area contributed by atoms with Crippen molar-refractivity contribution in [3.8, 4) is 0 Å². The lowest BCUT2D eigenvalue weighted by Gasteiger charge is -2.40. The van der Waals surface area contributed by atoms with E-state index in [1.54, 1.807) is 0 Å². The monoisotopic (exact) mass is 298 g/mol. The third-order valence-electron chi connectivity index (χ3n) is 5.51. The van der Waals surface area contributed by atoms with Gasteiger partial charge in [-0.2, -0.15) is 0 Å². The second kappa shape index (κ2) is 6.90. The van der Waals surface area contributed by atoms with Crippen LogP contribution in [-0.4, -0.2) is 16.6 Å². The van der Waals surface area contributed by atoms with Gasteiger partial charge in [0.05, 0.1) is 0 Å². The highest BCUT2D eigenvalue weighted by Crippen LogP contribution is 2.40. The Hall–Kier alpha value is 0.394. The lowest BCUT2D eigenvalue weighted by atomic mass is 10.2. The minimum Gasteiger partial charge on any atom is -0.455 e. The van der Waals surface area contributed by atoms with Crippen molar-refractivity contribution in [3.63, 3.8) is 0 Å². The molecule has 1 aliphatic heterocycles. The molecule has 0 aromatic carbocycles. The lowest BCUT2D eigenvalue weighted by Crippen LogP contribution is -2.48. The Labute approximate surface area is 122 Å². The maximum Gasteiger partial charge on any atom is 0.176 e. The molecule has 3 heteroatoms. The van der Waals surface area contributed by atoms with Gasteiger partial charge in [-0.1, -0.05) is 64.2 Å². The zero-order valence-electron chi connectivity index (χ0n) is 13.5. The van der Waals surface area contributed by atoms with E-state index >= 15 is 0 Å². The van der Waals surface area contributed by atoms with E-state index in [1.165, 1.54) is 76.3 Å². The van der Waals surface area contributed by atoms with E-state index in [0.29, 0.717) is 0 Å². The molecule has 0 N–H and O–H groups in total. The van der Waals surface area contributed by atoms with Crippen molar-refractivity contribution in [1.29, 1.82) is 0 Å². The van der Waals surface area contributed by atoms with Gasteiger partial charge in [0, 0.05) is 0 Å². The van der Waals surface area contributed by atoms with Crippen LogP contribution in [0.4, 0.5) is 0 Å². The Morgan fingerprint density at radius 2 is 1.26 bits per heavy atom. The van der Waals surface area contributed by atoms with E-state index in [9.17, 15) is 0 Å². The summed E-state index contributed by atoms with van der Waals surface area (Å²) >= 11 is 0. The minimum atomic E-state index is -1.46. The molecule has 0 aromatic rings. The molecule has 0 radical (unpaired) electrons. The molecule has 0 amide bonds. The fraction of sp³-hybridized carbons (Fsp3) is 1.00. The molecular formula is C16H34OSi2. The molecule has 1 heterocycles. The first-order valence-electron chi connectivity index (χ1n) is 8.72. The van der Waals surface area contributed by atoms with Crippen molar-refractivity contribution in [2.45, 2.75) is 101 Å². The zero-order valence-corrected chi connectivity index (χ0v) is 15.5. The molecular weight excluding hydrogens is 264 g/mol. The third-order valence-corrected chi connectivity index (χ3v) is 15.0. The van der Waals surface area contributed by atoms with Gasteiger partial charge in [0.15, 0.2) is 16.6 Å². The Morgan fingerprint density at radius 3 is 1.79 bits per heavy atom. The molecule has 0 atom stereocenters. The highest BCUT2D eigenvalue weighted by Gasteiger charge is 2.41. The topological polar surface area (TPSA) is 9.23 Å². The van der Waals surface area contributed by atoms with Gasteiger partial charge in [0.25, 0.3) is 0 Å². The third kappa shape index (κ3) is 4.71. The highest BCUT2D eigenvalue weighted by molar-refractivity contribution is 6.86. The van der Waals surface area contributed by atoms with E-state index < -0.39 is 16.6 Å². The highest BCUT2D eigenvalue weighted by atomic mass is 28.4. The summed E-state index contributed by atoms with van der Waals surface area (Å²) in [5, 5.41) is 0. The van der Waals surface area contributed by atoms with Gasteiger partial charge in [-0.25, -0.2) is 0 Å². The molecule has 2 rings (SSSR count). The summed E-state index contributed by atoms with van der Waals surface area (Å²) in [7, 11) is -2.82. The zero-order chi connectivity index (χ0) is 13.8. The smallest absolute Gasteiger partial charge is 0.176 e. The molecule has 1 nitrogen and oxygen atoms in total. The molecule has 1 aliphatic carbocycles. The van der Waals surface area contributed by atoms with E-state index in [2.05, 4.69) is 19.6 Å². The summed E-state index contributed by atoms with van der Waals surface area (Å²) < 4.78 is 7.02. The molecule has 19 heavy (non-hydrogen) atoms. The fourth-order valence-corrected chi connectivity index (χ4v) is 14.9. The summed E-state index contributed by atoms with van der Waals surface area (Å²) in [6.07, 6.45) is 14.6. The summed E-state index contributed by atoms with van der Waals surface area (Å²) in [4.78, 5) is 0. The maximum atomic E-state index is 7.02. The second-order valence-electron chi connectivity index (χ2n) is 7.76. The quantitative estimate of drug-likeness (QED) is 0.453. The van der Waals surface area contributed by atoms with Crippen molar-refractivity contribution in [1.82, 2.24) is 0 Å². The van der Waals surface area contributed by atoms with Crippen molar-refractivity contribution in [3.05, 3.63) is 0 Å². The normalized spacial score (nSPS) is 26.7. The van der Waals surface area contributed by atoms with Crippen molar-refractivity contribution in [2.75, 3.05) is 0 Å². The largest absolute Gasteiger partial charge is 0.455 e. The summed E-state index contributed by atoms with van der Waals surface area (Å²) in [6, 6.07) is 2.88. The lowest BCUT2D eigenvalue weighted by molar-refractivity contribution is 0.486. The first kappa shape index (κ1) is 15.8. The average Bonchev–Trinajstić information content (AvgIpc) is 2.71. The van der Waals surface area contributed by atoms with Crippen molar-refractivity contribution in [2.24, 2.45) is 0 Å². The van der Waals surface area contributed by atoms with Crippen molar-refractivity contribution < 1.29 is 4.12 Å². The van der Waals surface area contributed by atoms with Gasteiger partial charge in [-0.15, -0.1) is 0 Å². The van der Waals surface area contributed by atoms with Crippen LogP contribution < -0.4 is 0 Å². The van der Waals surface area contributed by atoms with Crippen LogP contribution in [0.5, 0.6) is 0 Å². The van der Waals surface area contributed by atoms with Crippen LogP contribution in [-0.2, 0) is 4.12 Å². The Morgan fingerprint density at radius 1 is 0.789 bits per heavy atom. The Bertz CT molecular complexity index is 262. The average molecular weight is 299 g/mol. The van der Waals surface area contributed by atoms with Gasteiger partial charge < -0.3 is 4.12 Å². The number of hydrogen-bond acceptors (Lipinski definition) is 1. The van der Waals surface area contributed by atoms with Crippen LogP contribution in [0.1, 0.15) is 64.2 Å². The predicted molar refractivity (Wildman–Crippen MR) is 89.7 cm³/mol. The molecule has 0 unspecified atom stereocenters. The van der Waals surface area contributed by atoms with Crippen LogP contribution >= 0.6 is 0 Å². The van der Waals surface area contributed by atoms with E-state index in [-0.39, 0.29) is 0 Å². The summed E-state index contributed by atoms with van der Waals surface area (Å²) in [5.74, 6) is 0. The number of hydrogen-bond donors (Lipinski definition) is 0. The Balaban J connectivity index is 1.97. The van der Waals surface area contributed by atoms with Crippen LogP contribution in [0.15, 0.2) is 0 Å². The van der Waals surface area contributed by atoms with Crippen LogP contribution in [0.25, 0.3) is 0 Å². The second-order valence-corrected chi connectivity index (χ2v) is 16.5. The Kier molecular flexibility index (Phi) is 5.73. The minimum absolute atomic E-state index is 0.947. The van der Waals surface area contributed by atoms with Gasteiger partial charge in [-0.05, 0) is 37.3 Å².